The fraction of sp³-hybridized carbons (Fsp3) is 0.588. The zero-order valence-electron chi connectivity index (χ0n) is 12.9. The Morgan fingerprint density at radius 1 is 1.48 bits per heavy atom. The number of hydrogen-bond acceptors (Lipinski definition) is 3. The van der Waals surface area contributed by atoms with E-state index in [1.165, 1.54) is 5.56 Å². The molecule has 1 amide bonds. The first-order chi connectivity index (χ1) is 10.1. The molecular formula is C17H25NO3. The molecule has 2 rings (SSSR count). The van der Waals surface area contributed by atoms with Crippen molar-refractivity contribution < 1.29 is 14.6 Å². The van der Waals surface area contributed by atoms with Gasteiger partial charge in [-0.1, -0.05) is 19.9 Å². The number of amides is 1. The Labute approximate surface area is 126 Å². The van der Waals surface area contributed by atoms with Crippen LogP contribution in [0.3, 0.4) is 0 Å². The van der Waals surface area contributed by atoms with Crippen LogP contribution in [0.25, 0.3) is 0 Å². The standard InChI is InChI=1S/C17H25NO3/c1-12(2)8-9-18-17(20)11-21-14-7-6-13-4-3-5-16(19)15(13)10-14/h6-7,10,12,16,19H,3-5,8-9,11H2,1-2H3,(H,18,20)/t16-/m0/s1. The van der Waals surface area contributed by atoms with Crippen molar-refractivity contribution in [3.05, 3.63) is 29.3 Å². The van der Waals surface area contributed by atoms with Gasteiger partial charge in [0.15, 0.2) is 6.61 Å². The van der Waals surface area contributed by atoms with Crippen LogP contribution in [0.5, 0.6) is 5.75 Å². The Balaban J connectivity index is 1.83. The predicted molar refractivity (Wildman–Crippen MR) is 82.3 cm³/mol. The molecule has 2 N–H and O–H groups in total. The van der Waals surface area contributed by atoms with Crippen molar-refractivity contribution in [2.24, 2.45) is 5.92 Å². The van der Waals surface area contributed by atoms with E-state index in [0.29, 0.717) is 18.2 Å². The van der Waals surface area contributed by atoms with Gasteiger partial charge in [0.2, 0.25) is 0 Å². The lowest BCUT2D eigenvalue weighted by molar-refractivity contribution is -0.123. The van der Waals surface area contributed by atoms with Gasteiger partial charge in [-0.15, -0.1) is 0 Å². The molecule has 1 aromatic carbocycles. The molecule has 21 heavy (non-hydrogen) atoms. The van der Waals surface area contributed by atoms with Crippen LogP contribution in [-0.2, 0) is 11.2 Å². The maximum atomic E-state index is 11.7. The molecule has 0 unspecified atom stereocenters. The number of nitrogens with one attached hydrogen (secondary N) is 1. The lowest BCUT2D eigenvalue weighted by Crippen LogP contribution is -2.30. The van der Waals surface area contributed by atoms with Crippen LogP contribution >= 0.6 is 0 Å². The zero-order chi connectivity index (χ0) is 15.2. The summed E-state index contributed by atoms with van der Waals surface area (Å²) >= 11 is 0. The summed E-state index contributed by atoms with van der Waals surface area (Å²) in [6.07, 6.45) is 3.38. The van der Waals surface area contributed by atoms with Crippen molar-refractivity contribution in [3.8, 4) is 5.75 Å². The van der Waals surface area contributed by atoms with Gasteiger partial charge in [-0.2, -0.15) is 0 Å². The van der Waals surface area contributed by atoms with E-state index in [-0.39, 0.29) is 12.5 Å². The van der Waals surface area contributed by atoms with E-state index in [4.69, 9.17) is 4.74 Å². The molecule has 4 nitrogen and oxygen atoms in total. The summed E-state index contributed by atoms with van der Waals surface area (Å²) in [7, 11) is 0. The molecule has 0 bridgehead atoms. The highest BCUT2D eigenvalue weighted by Crippen LogP contribution is 2.32. The van der Waals surface area contributed by atoms with Gasteiger partial charge in [-0.25, -0.2) is 0 Å². The van der Waals surface area contributed by atoms with Crippen molar-refractivity contribution in [2.75, 3.05) is 13.2 Å². The summed E-state index contributed by atoms with van der Waals surface area (Å²) in [6, 6.07) is 5.72. The molecule has 0 aliphatic heterocycles. The number of hydrogen-bond donors (Lipinski definition) is 2. The Kier molecular flexibility index (Phi) is 5.62. The summed E-state index contributed by atoms with van der Waals surface area (Å²) in [5.74, 6) is 1.12. The summed E-state index contributed by atoms with van der Waals surface area (Å²) in [6.45, 7) is 4.96. The molecule has 0 radical (unpaired) electrons. The zero-order valence-corrected chi connectivity index (χ0v) is 12.9. The molecule has 0 saturated carbocycles. The smallest absolute Gasteiger partial charge is 0.257 e. The van der Waals surface area contributed by atoms with E-state index in [9.17, 15) is 9.90 Å². The number of ether oxygens (including phenoxy) is 1. The number of carbonyl (C=O) groups is 1. The van der Waals surface area contributed by atoms with Gasteiger partial charge in [0.1, 0.15) is 5.75 Å². The van der Waals surface area contributed by atoms with Crippen LogP contribution in [0.2, 0.25) is 0 Å². The van der Waals surface area contributed by atoms with Crippen LogP contribution < -0.4 is 10.1 Å². The lowest BCUT2D eigenvalue weighted by atomic mass is 9.89. The van der Waals surface area contributed by atoms with Crippen molar-refractivity contribution in [2.45, 2.75) is 45.6 Å². The number of fused-ring (bicyclic) bond motifs is 1. The van der Waals surface area contributed by atoms with Crippen molar-refractivity contribution in [3.63, 3.8) is 0 Å². The van der Waals surface area contributed by atoms with Gasteiger partial charge in [0.05, 0.1) is 6.10 Å². The van der Waals surface area contributed by atoms with Gasteiger partial charge in [0.25, 0.3) is 5.91 Å². The fourth-order valence-corrected chi connectivity index (χ4v) is 2.54. The third kappa shape index (κ3) is 4.74. The number of aliphatic hydroxyl groups excluding tert-OH is 1. The van der Waals surface area contributed by atoms with E-state index in [2.05, 4.69) is 19.2 Å². The Morgan fingerprint density at radius 2 is 2.29 bits per heavy atom. The SMILES string of the molecule is CC(C)CCNC(=O)COc1ccc2c(c1)[C@@H](O)CCC2. The molecule has 116 valence electrons. The first kappa shape index (κ1) is 15.8. The molecule has 4 heteroatoms. The van der Waals surface area contributed by atoms with Crippen LogP contribution in [-0.4, -0.2) is 24.2 Å². The number of rotatable bonds is 6. The monoisotopic (exact) mass is 291 g/mol. The van der Waals surface area contributed by atoms with E-state index in [1.807, 2.05) is 18.2 Å². The summed E-state index contributed by atoms with van der Waals surface area (Å²) in [5.41, 5.74) is 2.13. The maximum Gasteiger partial charge on any atom is 0.257 e. The highest BCUT2D eigenvalue weighted by molar-refractivity contribution is 5.77. The second-order valence-electron chi connectivity index (χ2n) is 6.09. The molecule has 0 heterocycles. The molecule has 0 saturated heterocycles. The molecule has 1 atom stereocenters. The quantitative estimate of drug-likeness (QED) is 0.847. The minimum atomic E-state index is -0.405. The van der Waals surface area contributed by atoms with Gasteiger partial charge < -0.3 is 15.2 Å². The maximum absolute atomic E-state index is 11.7. The minimum Gasteiger partial charge on any atom is -0.484 e. The number of benzene rings is 1. The van der Waals surface area contributed by atoms with E-state index >= 15 is 0 Å². The lowest BCUT2D eigenvalue weighted by Gasteiger charge is -2.21. The van der Waals surface area contributed by atoms with Gasteiger partial charge in [0, 0.05) is 6.54 Å². The topological polar surface area (TPSA) is 58.6 Å². The minimum absolute atomic E-state index is 0.0208. The highest BCUT2D eigenvalue weighted by atomic mass is 16.5. The van der Waals surface area contributed by atoms with E-state index < -0.39 is 6.10 Å². The van der Waals surface area contributed by atoms with Crippen LogP contribution in [0, 0.1) is 5.92 Å². The summed E-state index contributed by atoms with van der Waals surface area (Å²) < 4.78 is 5.52. The molecule has 1 aliphatic rings. The fourth-order valence-electron chi connectivity index (χ4n) is 2.54. The largest absolute Gasteiger partial charge is 0.484 e. The average Bonchev–Trinajstić information content (AvgIpc) is 2.45. The van der Waals surface area contributed by atoms with Crippen LogP contribution in [0.4, 0.5) is 0 Å². The van der Waals surface area contributed by atoms with Crippen molar-refractivity contribution >= 4 is 5.91 Å². The molecule has 0 spiro atoms. The second kappa shape index (κ2) is 7.46. The molecule has 0 aromatic heterocycles. The number of carbonyl (C=O) groups excluding carboxylic acids is 1. The Bertz CT molecular complexity index is 485. The molecule has 1 aliphatic carbocycles. The van der Waals surface area contributed by atoms with Crippen molar-refractivity contribution in [1.82, 2.24) is 5.32 Å². The second-order valence-corrected chi connectivity index (χ2v) is 6.09. The summed E-state index contributed by atoms with van der Waals surface area (Å²) in [5, 5.41) is 12.8. The van der Waals surface area contributed by atoms with Gasteiger partial charge in [-0.3, -0.25) is 4.79 Å². The Morgan fingerprint density at radius 3 is 3.05 bits per heavy atom. The van der Waals surface area contributed by atoms with Gasteiger partial charge in [-0.05, 0) is 54.9 Å². The molecular weight excluding hydrogens is 266 g/mol. The predicted octanol–water partition coefficient (Wildman–Crippen LogP) is 2.60. The number of aliphatic hydroxyl groups is 1. The molecule has 1 aromatic rings. The van der Waals surface area contributed by atoms with E-state index in [1.54, 1.807) is 0 Å². The molecule has 0 fully saturated rings. The Hall–Kier alpha value is -1.55. The average molecular weight is 291 g/mol. The van der Waals surface area contributed by atoms with Crippen LogP contribution in [0.15, 0.2) is 18.2 Å². The summed E-state index contributed by atoms with van der Waals surface area (Å²) in [4.78, 5) is 11.7. The third-order valence-electron chi connectivity index (χ3n) is 3.81. The van der Waals surface area contributed by atoms with E-state index in [0.717, 1.165) is 31.2 Å². The highest BCUT2D eigenvalue weighted by Gasteiger charge is 2.18. The van der Waals surface area contributed by atoms with Crippen LogP contribution in [0.1, 0.15) is 50.3 Å². The number of aryl methyl sites for hydroxylation is 1. The normalized spacial score (nSPS) is 17.4. The van der Waals surface area contributed by atoms with Crippen molar-refractivity contribution in [1.29, 1.82) is 0 Å². The first-order valence-electron chi connectivity index (χ1n) is 7.76. The van der Waals surface area contributed by atoms with Gasteiger partial charge >= 0.3 is 0 Å². The third-order valence-corrected chi connectivity index (χ3v) is 3.81. The first-order valence-corrected chi connectivity index (χ1v) is 7.76.